The minimum Gasteiger partial charge on any atom is -0.490 e. The van der Waals surface area contributed by atoms with Gasteiger partial charge < -0.3 is 4.74 Å². The lowest BCUT2D eigenvalue weighted by molar-refractivity contribution is -0.385. The van der Waals surface area contributed by atoms with E-state index >= 15 is 0 Å². The van der Waals surface area contributed by atoms with E-state index in [4.69, 9.17) is 10.00 Å². The second kappa shape index (κ2) is 6.35. The van der Waals surface area contributed by atoms with Crippen LogP contribution in [0.15, 0.2) is 18.2 Å². The van der Waals surface area contributed by atoms with E-state index in [1.807, 2.05) is 6.07 Å². The number of nitro groups is 1. The molecule has 1 aromatic rings. The van der Waals surface area contributed by atoms with Crippen molar-refractivity contribution >= 4 is 5.69 Å². The van der Waals surface area contributed by atoms with Crippen molar-refractivity contribution in [1.82, 2.24) is 4.90 Å². The molecule has 1 fully saturated rings. The van der Waals surface area contributed by atoms with Crippen LogP contribution >= 0.6 is 0 Å². The maximum absolute atomic E-state index is 11.0. The predicted octanol–water partition coefficient (Wildman–Crippen LogP) is 2.48. The molecule has 0 saturated carbocycles. The maximum atomic E-state index is 11.0. The molecule has 0 N–H and O–H groups in total. The Hall–Kier alpha value is -2.13. The molecule has 0 bridgehead atoms. The van der Waals surface area contributed by atoms with Crippen LogP contribution in [0.1, 0.15) is 24.8 Å². The molecule has 0 aromatic heterocycles. The molecular formula is C14H17N3O3. The van der Waals surface area contributed by atoms with Crippen LogP contribution in [-0.4, -0.2) is 29.5 Å². The van der Waals surface area contributed by atoms with Crippen molar-refractivity contribution in [3.8, 4) is 11.8 Å². The maximum Gasteiger partial charge on any atom is 0.311 e. The van der Waals surface area contributed by atoms with Crippen LogP contribution in [0.25, 0.3) is 0 Å². The summed E-state index contributed by atoms with van der Waals surface area (Å²) in [6, 6.07) is 7.16. The van der Waals surface area contributed by atoms with Gasteiger partial charge in [-0.1, -0.05) is 6.07 Å². The van der Waals surface area contributed by atoms with E-state index in [9.17, 15) is 10.1 Å². The highest BCUT2D eigenvalue weighted by atomic mass is 16.6. The third kappa shape index (κ3) is 3.06. The summed E-state index contributed by atoms with van der Waals surface area (Å²) in [7, 11) is 1.42. The first-order chi connectivity index (χ1) is 9.65. The number of nitro benzene ring substituents is 1. The van der Waals surface area contributed by atoms with E-state index in [0.717, 1.165) is 31.4 Å². The predicted molar refractivity (Wildman–Crippen MR) is 73.3 cm³/mol. The van der Waals surface area contributed by atoms with Gasteiger partial charge in [0.2, 0.25) is 0 Å². The van der Waals surface area contributed by atoms with E-state index in [1.54, 1.807) is 6.07 Å². The first-order valence-electron chi connectivity index (χ1n) is 6.60. The van der Waals surface area contributed by atoms with Gasteiger partial charge in [-0.05, 0) is 37.4 Å². The number of hydrogen-bond acceptors (Lipinski definition) is 5. The Labute approximate surface area is 117 Å². The molecule has 1 aromatic carbocycles. The first kappa shape index (κ1) is 14.3. The van der Waals surface area contributed by atoms with Crippen molar-refractivity contribution in [3.05, 3.63) is 33.9 Å². The summed E-state index contributed by atoms with van der Waals surface area (Å²) in [5, 5.41) is 20.1. The van der Waals surface area contributed by atoms with E-state index in [2.05, 4.69) is 11.0 Å². The second-order valence-corrected chi connectivity index (χ2v) is 4.87. The van der Waals surface area contributed by atoms with Crippen LogP contribution in [0.3, 0.4) is 0 Å². The molecule has 1 heterocycles. The van der Waals surface area contributed by atoms with Crippen molar-refractivity contribution in [2.45, 2.75) is 31.8 Å². The lowest BCUT2D eigenvalue weighted by Gasteiger charge is -2.31. The fraction of sp³-hybridized carbons (Fsp3) is 0.500. The zero-order chi connectivity index (χ0) is 14.5. The molecule has 0 amide bonds. The van der Waals surface area contributed by atoms with Gasteiger partial charge in [-0.2, -0.15) is 5.26 Å². The van der Waals surface area contributed by atoms with Gasteiger partial charge in [-0.3, -0.25) is 15.0 Å². The molecule has 0 spiro atoms. The van der Waals surface area contributed by atoms with Crippen molar-refractivity contribution in [1.29, 1.82) is 5.26 Å². The Kier molecular flexibility index (Phi) is 4.53. The average Bonchev–Trinajstić information content (AvgIpc) is 2.47. The molecule has 20 heavy (non-hydrogen) atoms. The number of nitrogens with zero attached hydrogens (tertiary/aromatic N) is 3. The standard InChI is InChI=1S/C14H17N3O3/c1-20-14-6-5-11(8-13(14)17(18)19)10-16-7-3-2-4-12(16)9-15/h5-6,8,12H,2-4,7,10H2,1H3. The summed E-state index contributed by atoms with van der Waals surface area (Å²) in [6.45, 7) is 1.42. The van der Waals surface area contributed by atoms with E-state index in [0.29, 0.717) is 6.54 Å². The molecule has 0 aliphatic carbocycles. The van der Waals surface area contributed by atoms with Crippen LogP contribution in [0.4, 0.5) is 5.69 Å². The van der Waals surface area contributed by atoms with Gasteiger partial charge in [0, 0.05) is 12.6 Å². The minimum atomic E-state index is -0.444. The zero-order valence-corrected chi connectivity index (χ0v) is 11.4. The molecule has 6 heteroatoms. The van der Waals surface area contributed by atoms with Crippen LogP contribution < -0.4 is 4.74 Å². The normalized spacial score (nSPS) is 19.3. The van der Waals surface area contributed by atoms with Crippen LogP contribution in [0, 0.1) is 21.4 Å². The number of likely N-dealkylation sites (tertiary alicyclic amines) is 1. The number of ether oxygens (including phenoxy) is 1. The summed E-state index contributed by atoms with van der Waals surface area (Å²) in [4.78, 5) is 12.6. The minimum absolute atomic E-state index is 0.0319. The fourth-order valence-electron chi connectivity index (χ4n) is 2.54. The van der Waals surface area contributed by atoms with Crippen LogP contribution in [0.2, 0.25) is 0 Å². The lowest BCUT2D eigenvalue weighted by atomic mass is 10.0. The Morgan fingerprint density at radius 1 is 1.55 bits per heavy atom. The molecule has 1 unspecified atom stereocenters. The molecule has 106 valence electrons. The quantitative estimate of drug-likeness (QED) is 0.623. The third-order valence-electron chi connectivity index (χ3n) is 3.59. The first-order valence-corrected chi connectivity index (χ1v) is 6.60. The number of methoxy groups -OCH3 is 1. The highest BCUT2D eigenvalue weighted by molar-refractivity contribution is 5.48. The Bertz CT molecular complexity index is 539. The third-order valence-corrected chi connectivity index (χ3v) is 3.59. The molecule has 1 aliphatic heterocycles. The Balaban J connectivity index is 2.19. The van der Waals surface area contributed by atoms with Gasteiger partial charge in [0.15, 0.2) is 5.75 Å². The Morgan fingerprint density at radius 2 is 2.35 bits per heavy atom. The largest absolute Gasteiger partial charge is 0.490 e. The molecular weight excluding hydrogens is 258 g/mol. The Morgan fingerprint density at radius 3 is 3.00 bits per heavy atom. The summed E-state index contributed by atoms with van der Waals surface area (Å²) in [5.74, 6) is 0.259. The monoisotopic (exact) mass is 275 g/mol. The highest BCUT2D eigenvalue weighted by Crippen LogP contribution is 2.29. The van der Waals surface area contributed by atoms with E-state index < -0.39 is 4.92 Å². The molecule has 0 radical (unpaired) electrons. The van der Waals surface area contributed by atoms with Crippen molar-refractivity contribution < 1.29 is 9.66 Å². The van der Waals surface area contributed by atoms with Crippen LogP contribution in [-0.2, 0) is 6.54 Å². The lowest BCUT2D eigenvalue weighted by Crippen LogP contribution is -2.37. The molecule has 6 nitrogen and oxygen atoms in total. The van der Waals surface area contributed by atoms with Gasteiger partial charge in [0.05, 0.1) is 24.1 Å². The molecule has 2 rings (SSSR count). The molecule has 1 atom stereocenters. The van der Waals surface area contributed by atoms with E-state index in [1.165, 1.54) is 13.2 Å². The van der Waals surface area contributed by atoms with Gasteiger partial charge in [0.1, 0.15) is 0 Å². The van der Waals surface area contributed by atoms with Crippen molar-refractivity contribution in [3.63, 3.8) is 0 Å². The summed E-state index contributed by atoms with van der Waals surface area (Å²) in [5.41, 5.74) is 0.801. The number of rotatable bonds is 4. The van der Waals surface area contributed by atoms with Crippen LogP contribution in [0.5, 0.6) is 5.75 Å². The molecule has 1 saturated heterocycles. The number of hydrogen-bond donors (Lipinski definition) is 0. The van der Waals surface area contributed by atoms with Gasteiger partial charge in [0.25, 0.3) is 0 Å². The topological polar surface area (TPSA) is 79.4 Å². The van der Waals surface area contributed by atoms with Gasteiger partial charge in [-0.25, -0.2) is 0 Å². The van der Waals surface area contributed by atoms with Gasteiger partial charge >= 0.3 is 5.69 Å². The second-order valence-electron chi connectivity index (χ2n) is 4.87. The van der Waals surface area contributed by atoms with Crippen molar-refractivity contribution in [2.24, 2.45) is 0 Å². The summed E-state index contributed by atoms with van der Waals surface area (Å²) >= 11 is 0. The van der Waals surface area contributed by atoms with Gasteiger partial charge in [-0.15, -0.1) is 0 Å². The zero-order valence-electron chi connectivity index (χ0n) is 11.4. The highest BCUT2D eigenvalue weighted by Gasteiger charge is 2.23. The van der Waals surface area contributed by atoms with Crippen molar-refractivity contribution in [2.75, 3.05) is 13.7 Å². The number of benzene rings is 1. The molecule has 1 aliphatic rings. The fourth-order valence-corrected chi connectivity index (χ4v) is 2.54. The summed E-state index contributed by atoms with van der Waals surface area (Å²) < 4.78 is 4.99. The SMILES string of the molecule is COc1ccc(CN2CCCCC2C#N)cc1[N+](=O)[O-]. The average molecular weight is 275 g/mol. The number of nitriles is 1. The van der Waals surface area contributed by atoms with E-state index in [-0.39, 0.29) is 17.5 Å². The number of piperidine rings is 1. The summed E-state index contributed by atoms with van der Waals surface area (Å²) in [6.07, 6.45) is 3.00. The smallest absolute Gasteiger partial charge is 0.311 e.